The van der Waals surface area contributed by atoms with Gasteiger partial charge in [-0.15, -0.1) is 0 Å². The molecule has 1 saturated carbocycles. The van der Waals surface area contributed by atoms with Gasteiger partial charge in [-0.1, -0.05) is 19.1 Å². The van der Waals surface area contributed by atoms with Gasteiger partial charge in [0.15, 0.2) is 0 Å². The van der Waals surface area contributed by atoms with E-state index < -0.39 is 10.0 Å². The maximum atomic E-state index is 12.1. The Morgan fingerprint density at radius 2 is 2.00 bits per heavy atom. The third-order valence-electron chi connectivity index (χ3n) is 3.80. The molecule has 0 saturated heterocycles. The fraction of sp³-hybridized carbons (Fsp3) is 0.571. The summed E-state index contributed by atoms with van der Waals surface area (Å²) < 4.78 is 26.8. The lowest BCUT2D eigenvalue weighted by molar-refractivity contribution is 0.500. The highest BCUT2D eigenvalue weighted by Crippen LogP contribution is 2.48. The molecule has 112 valence electrons. The Morgan fingerprint density at radius 1 is 1.30 bits per heavy atom. The molecule has 6 heteroatoms. The number of para-hydroxylation sites is 1. The Balaban J connectivity index is 2.13. The van der Waals surface area contributed by atoms with E-state index in [9.17, 15) is 8.42 Å². The van der Waals surface area contributed by atoms with E-state index in [0.717, 1.165) is 13.0 Å². The van der Waals surface area contributed by atoms with Crippen molar-refractivity contribution < 1.29 is 8.42 Å². The Hall–Kier alpha value is -1.11. The average Bonchev–Trinajstić information content (AvgIpc) is 3.17. The monoisotopic (exact) mass is 297 g/mol. The zero-order valence-electron chi connectivity index (χ0n) is 11.9. The van der Waals surface area contributed by atoms with E-state index in [-0.39, 0.29) is 5.41 Å². The van der Waals surface area contributed by atoms with Crippen LogP contribution in [0, 0.1) is 5.41 Å². The second-order valence-electron chi connectivity index (χ2n) is 5.39. The molecule has 1 aromatic rings. The third kappa shape index (κ3) is 3.50. The summed E-state index contributed by atoms with van der Waals surface area (Å²) in [5, 5.41) is 3.29. The molecule has 0 atom stereocenters. The molecule has 0 aromatic heterocycles. The van der Waals surface area contributed by atoms with Crippen LogP contribution in [0.15, 0.2) is 29.2 Å². The number of nitrogens with two attached hydrogens (primary N) is 1. The summed E-state index contributed by atoms with van der Waals surface area (Å²) in [6.45, 7) is 3.61. The summed E-state index contributed by atoms with van der Waals surface area (Å²) in [7, 11) is -3.44. The van der Waals surface area contributed by atoms with E-state index in [1.54, 1.807) is 19.1 Å². The molecule has 0 spiro atoms. The van der Waals surface area contributed by atoms with Crippen molar-refractivity contribution >= 4 is 15.7 Å². The topological polar surface area (TPSA) is 84.2 Å². The van der Waals surface area contributed by atoms with Crippen LogP contribution in [0.2, 0.25) is 0 Å². The average molecular weight is 297 g/mol. The van der Waals surface area contributed by atoms with Gasteiger partial charge >= 0.3 is 0 Å². The minimum absolute atomic E-state index is 0.268. The molecule has 1 aliphatic carbocycles. The quantitative estimate of drug-likeness (QED) is 0.679. The molecule has 0 heterocycles. The van der Waals surface area contributed by atoms with E-state index in [1.807, 2.05) is 12.1 Å². The first kappa shape index (κ1) is 15.3. The van der Waals surface area contributed by atoms with E-state index in [1.165, 1.54) is 12.8 Å². The van der Waals surface area contributed by atoms with Gasteiger partial charge in [-0.2, -0.15) is 0 Å². The minimum atomic E-state index is -3.44. The molecule has 1 aromatic carbocycles. The molecule has 0 amide bonds. The summed E-state index contributed by atoms with van der Waals surface area (Å²) in [4.78, 5) is 0.311. The Morgan fingerprint density at radius 3 is 2.60 bits per heavy atom. The summed E-state index contributed by atoms with van der Waals surface area (Å²) in [5.41, 5.74) is 6.56. The van der Waals surface area contributed by atoms with Crippen molar-refractivity contribution in [1.82, 2.24) is 4.72 Å². The van der Waals surface area contributed by atoms with Crippen molar-refractivity contribution in [3.8, 4) is 0 Å². The second-order valence-corrected chi connectivity index (χ2v) is 7.13. The van der Waals surface area contributed by atoms with E-state index in [2.05, 4.69) is 10.0 Å². The number of anilines is 1. The number of sulfonamides is 1. The number of hydrogen-bond donors (Lipinski definition) is 3. The molecule has 0 aliphatic heterocycles. The molecule has 4 N–H and O–H groups in total. The third-order valence-corrected chi connectivity index (χ3v) is 5.40. The molecule has 5 nitrogen and oxygen atoms in total. The molecule has 20 heavy (non-hydrogen) atoms. The lowest BCUT2D eigenvalue weighted by atomic mass is 10.0. The molecule has 0 bridgehead atoms. The number of hydrogen-bond acceptors (Lipinski definition) is 4. The molecule has 1 aliphatic rings. The summed E-state index contributed by atoms with van der Waals surface area (Å²) in [5.74, 6) is 0. The highest BCUT2D eigenvalue weighted by atomic mass is 32.2. The molecule has 1 fully saturated rings. The van der Waals surface area contributed by atoms with Crippen LogP contribution >= 0.6 is 0 Å². The van der Waals surface area contributed by atoms with Crippen LogP contribution in [0.1, 0.15) is 26.2 Å². The van der Waals surface area contributed by atoms with Gasteiger partial charge in [-0.3, -0.25) is 0 Å². The van der Waals surface area contributed by atoms with Crippen molar-refractivity contribution in [2.45, 2.75) is 31.1 Å². The molecule has 2 rings (SSSR count). The van der Waals surface area contributed by atoms with Crippen LogP contribution in [0.5, 0.6) is 0 Å². The van der Waals surface area contributed by atoms with Gasteiger partial charge in [-0.25, -0.2) is 13.1 Å². The van der Waals surface area contributed by atoms with Gasteiger partial charge in [0.1, 0.15) is 4.90 Å². The normalized spacial score (nSPS) is 16.9. The van der Waals surface area contributed by atoms with Crippen LogP contribution in [0.25, 0.3) is 0 Å². The van der Waals surface area contributed by atoms with Crippen molar-refractivity contribution in [2.24, 2.45) is 11.1 Å². The fourth-order valence-corrected chi connectivity index (χ4v) is 3.62. The lowest BCUT2D eigenvalue weighted by Gasteiger charge is -2.18. The van der Waals surface area contributed by atoms with Crippen LogP contribution in [-0.4, -0.2) is 28.1 Å². The summed E-state index contributed by atoms with van der Waals surface area (Å²) in [6, 6.07) is 7.02. The first-order valence-corrected chi connectivity index (χ1v) is 8.54. The molecular formula is C14H23N3O2S. The van der Waals surface area contributed by atoms with Crippen LogP contribution in [-0.2, 0) is 10.0 Å². The van der Waals surface area contributed by atoms with Gasteiger partial charge in [0.05, 0.1) is 5.69 Å². The van der Waals surface area contributed by atoms with Crippen molar-refractivity contribution in [3.05, 3.63) is 24.3 Å². The lowest BCUT2D eigenvalue weighted by Crippen LogP contribution is -2.25. The maximum Gasteiger partial charge on any atom is 0.242 e. The van der Waals surface area contributed by atoms with E-state index in [0.29, 0.717) is 23.7 Å². The standard InChI is InChI=1S/C14H23N3O2S/c1-2-17-20(18,19)13-6-4-3-5-12(13)16-11-14(7-8-14)9-10-15/h3-6,16-17H,2,7-11,15H2,1H3. The predicted octanol–water partition coefficient (Wildman–Crippen LogP) is 1.53. The zero-order valence-corrected chi connectivity index (χ0v) is 12.7. The van der Waals surface area contributed by atoms with E-state index >= 15 is 0 Å². The smallest absolute Gasteiger partial charge is 0.242 e. The summed E-state index contributed by atoms with van der Waals surface area (Å²) in [6.07, 6.45) is 3.32. The van der Waals surface area contributed by atoms with Crippen molar-refractivity contribution in [2.75, 3.05) is 25.0 Å². The molecular weight excluding hydrogens is 274 g/mol. The summed E-state index contributed by atoms with van der Waals surface area (Å²) >= 11 is 0. The first-order chi connectivity index (χ1) is 9.53. The zero-order chi connectivity index (χ0) is 14.6. The van der Waals surface area contributed by atoms with Gasteiger partial charge in [-0.05, 0) is 43.4 Å². The molecule has 0 radical (unpaired) electrons. The maximum absolute atomic E-state index is 12.1. The highest BCUT2D eigenvalue weighted by molar-refractivity contribution is 7.89. The number of rotatable bonds is 8. The largest absolute Gasteiger partial charge is 0.383 e. The second kappa shape index (κ2) is 6.11. The van der Waals surface area contributed by atoms with Crippen molar-refractivity contribution in [1.29, 1.82) is 0 Å². The minimum Gasteiger partial charge on any atom is -0.383 e. The first-order valence-electron chi connectivity index (χ1n) is 7.06. The number of benzene rings is 1. The van der Waals surface area contributed by atoms with Gasteiger partial charge in [0.25, 0.3) is 0 Å². The Bertz CT molecular complexity index is 553. The Kier molecular flexibility index (Phi) is 4.67. The van der Waals surface area contributed by atoms with Crippen LogP contribution < -0.4 is 15.8 Å². The Labute approximate surface area is 121 Å². The highest BCUT2D eigenvalue weighted by Gasteiger charge is 2.41. The van der Waals surface area contributed by atoms with Crippen LogP contribution in [0.3, 0.4) is 0 Å². The van der Waals surface area contributed by atoms with Gasteiger partial charge < -0.3 is 11.1 Å². The SMILES string of the molecule is CCNS(=O)(=O)c1ccccc1NCC1(CCN)CC1. The van der Waals surface area contributed by atoms with Crippen molar-refractivity contribution in [3.63, 3.8) is 0 Å². The molecule has 0 unspecified atom stereocenters. The van der Waals surface area contributed by atoms with E-state index in [4.69, 9.17) is 5.73 Å². The van der Waals surface area contributed by atoms with Gasteiger partial charge in [0, 0.05) is 13.1 Å². The number of nitrogens with one attached hydrogen (secondary N) is 2. The predicted molar refractivity (Wildman–Crippen MR) is 81.1 cm³/mol. The van der Waals surface area contributed by atoms with Gasteiger partial charge in [0.2, 0.25) is 10.0 Å². The van der Waals surface area contributed by atoms with Crippen LogP contribution in [0.4, 0.5) is 5.69 Å². The fourth-order valence-electron chi connectivity index (χ4n) is 2.40.